The van der Waals surface area contributed by atoms with Crippen LogP contribution in [0.1, 0.15) is 22.3 Å². The number of urea groups is 1. The highest BCUT2D eigenvalue weighted by molar-refractivity contribution is 7.88. The van der Waals surface area contributed by atoms with E-state index in [-0.39, 0.29) is 24.8 Å². The molecular formula is C31H31N3O6S. The van der Waals surface area contributed by atoms with E-state index in [9.17, 15) is 23.1 Å². The number of carbonyl (C=O) groups excluding carboxylic acids is 1. The lowest BCUT2D eigenvalue weighted by atomic mass is 10.1. The van der Waals surface area contributed by atoms with Crippen molar-refractivity contribution in [3.8, 4) is 5.75 Å². The molecule has 1 atom stereocenters. The number of carbonyl (C=O) groups is 2. The first-order chi connectivity index (χ1) is 19.7. The highest BCUT2D eigenvalue weighted by atomic mass is 32.2. The molecule has 1 unspecified atom stereocenters. The minimum atomic E-state index is -3.85. The Balaban J connectivity index is 1.27. The van der Waals surface area contributed by atoms with Crippen LogP contribution in [-0.4, -0.2) is 31.6 Å². The predicted molar refractivity (Wildman–Crippen MR) is 158 cm³/mol. The van der Waals surface area contributed by atoms with Gasteiger partial charge in [0.25, 0.3) is 0 Å². The van der Waals surface area contributed by atoms with E-state index >= 15 is 0 Å². The second-order valence-corrected chi connectivity index (χ2v) is 11.2. The molecule has 2 amide bonds. The molecule has 0 spiro atoms. The number of carboxylic acids is 1. The van der Waals surface area contributed by atoms with Gasteiger partial charge in [0.05, 0.1) is 5.75 Å². The number of hydrogen-bond donors (Lipinski definition) is 4. The molecule has 4 aromatic rings. The second-order valence-electron chi connectivity index (χ2n) is 9.48. The van der Waals surface area contributed by atoms with Gasteiger partial charge >= 0.3 is 12.0 Å². The molecule has 9 nitrogen and oxygen atoms in total. The number of ether oxygens (including phenoxy) is 1. The van der Waals surface area contributed by atoms with Crippen LogP contribution in [0.15, 0.2) is 103 Å². The van der Waals surface area contributed by atoms with Crippen LogP contribution in [0.25, 0.3) is 0 Å². The topological polar surface area (TPSA) is 134 Å². The molecule has 41 heavy (non-hydrogen) atoms. The standard InChI is InChI=1S/C31H31N3O6S/c1-22-7-5-6-10-28(22)33-31(37)32-26-15-11-24(12-16-26)20-40-27-17-13-23(14-18-27)19-29(30(35)36)34-41(38,39)21-25-8-3-2-4-9-25/h2-18,29,34H,19-21H2,1H3,(H,35,36)(H2,32,33,37). The van der Waals surface area contributed by atoms with Gasteiger partial charge in [0, 0.05) is 11.4 Å². The van der Waals surface area contributed by atoms with Gasteiger partial charge in [0.15, 0.2) is 0 Å². The van der Waals surface area contributed by atoms with Crippen LogP contribution in [0.5, 0.6) is 5.75 Å². The highest BCUT2D eigenvalue weighted by Gasteiger charge is 2.24. The Bertz CT molecular complexity index is 1570. The molecule has 212 valence electrons. The molecule has 0 fully saturated rings. The molecule has 4 N–H and O–H groups in total. The van der Waals surface area contributed by atoms with E-state index < -0.39 is 22.0 Å². The first-order valence-electron chi connectivity index (χ1n) is 12.9. The summed E-state index contributed by atoms with van der Waals surface area (Å²) in [6.45, 7) is 2.20. The fraction of sp³-hybridized carbons (Fsp3) is 0.161. The normalized spacial score (nSPS) is 11.8. The minimum Gasteiger partial charge on any atom is -0.489 e. The van der Waals surface area contributed by atoms with Gasteiger partial charge < -0.3 is 20.5 Å². The van der Waals surface area contributed by atoms with Crippen LogP contribution in [0, 0.1) is 6.92 Å². The van der Waals surface area contributed by atoms with Crippen LogP contribution in [0.2, 0.25) is 0 Å². The number of para-hydroxylation sites is 1. The number of nitrogens with one attached hydrogen (secondary N) is 3. The van der Waals surface area contributed by atoms with Crippen LogP contribution in [-0.2, 0) is 33.6 Å². The first-order valence-corrected chi connectivity index (χ1v) is 14.5. The van der Waals surface area contributed by atoms with Crippen molar-refractivity contribution in [2.75, 3.05) is 10.6 Å². The zero-order valence-corrected chi connectivity index (χ0v) is 23.2. The van der Waals surface area contributed by atoms with Crippen LogP contribution >= 0.6 is 0 Å². The van der Waals surface area contributed by atoms with E-state index in [1.807, 2.05) is 43.3 Å². The third-order valence-corrected chi connectivity index (χ3v) is 7.55. The number of aryl methyl sites for hydroxylation is 1. The van der Waals surface area contributed by atoms with E-state index in [0.29, 0.717) is 22.6 Å². The summed E-state index contributed by atoms with van der Waals surface area (Å²) in [6.07, 6.45) is -0.0183. The highest BCUT2D eigenvalue weighted by Crippen LogP contribution is 2.18. The lowest BCUT2D eigenvalue weighted by molar-refractivity contribution is -0.138. The Morgan fingerprint density at radius 1 is 0.780 bits per heavy atom. The molecule has 0 heterocycles. The van der Waals surface area contributed by atoms with Crippen molar-refractivity contribution in [3.63, 3.8) is 0 Å². The predicted octanol–water partition coefficient (Wildman–Crippen LogP) is 5.33. The van der Waals surface area contributed by atoms with Gasteiger partial charge in [-0.05, 0) is 65.9 Å². The maximum Gasteiger partial charge on any atom is 0.323 e. The molecule has 0 aliphatic heterocycles. The van der Waals surface area contributed by atoms with Crippen LogP contribution in [0.4, 0.5) is 16.2 Å². The zero-order chi connectivity index (χ0) is 29.2. The number of benzene rings is 4. The summed E-state index contributed by atoms with van der Waals surface area (Å²) in [5, 5.41) is 15.2. The van der Waals surface area contributed by atoms with Crippen molar-refractivity contribution in [1.82, 2.24) is 4.72 Å². The number of rotatable bonds is 12. The summed E-state index contributed by atoms with van der Waals surface area (Å²) >= 11 is 0. The Hall–Kier alpha value is -4.67. The van der Waals surface area contributed by atoms with E-state index in [2.05, 4.69) is 15.4 Å². The summed E-state index contributed by atoms with van der Waals surface area (Å²) < 4.78 is 33.2. The number of sulfonamides is 1. The van der Waals surface area contributed by atoms with E-state index in [0.717, 1.165) is 16.8 Å². The van der Waals surface area contributed by atoms with Gasteiger partial charge in [-0.3, -0.25) is 4.79 Å². The summed E-state index contributed by atoms with van der Waals surface area (Å²) in [6, 6.07) is 28.5. The molecule has 0 aliphatic rings. The van der Waals surface area contributed by atoms with Gasteiger partial charge in [-0.25, -0.2) is 17.9 Å². The zero-order valence-electron chi connectivity index (χ0n) is 22.4. The molecule has 0 saturated heterocycles. The second kappa shape index (κ2) is 13.6. The van der Waals surface area contributed by atoms with Crippen LogP contribution in [0.3, 0.4) is 0 Å². The maximum absolute atomic E-state index is 12.5. The van der Waals surface area contributed by atoms with Crippen molar-refractivity contribution in [2.45, 2.75) is 31.7 Å². The molecule has 10 heteroatoms. The lowest BCUT2D eigenvalue weighted by Gasteiger charge is -2.15. The Morgan fingerprint density at radius 2 is 1.41 bits per heavy atom. The average Bonchev–Trinajstić information content (AvgIpc) is 2.94. The third kappa shape index (κ3) is 9.20. The number of aliphatic carboxylic acids is 1. The van der Waals surface area contributed by atoms with Crippen molar-refractivity contribution >= 4 is 33.4 Å². The van der Waals surface area contributed by atoms with Crippen molar-refractivity contribution in [2.24, 2.45) is 0 Å². The molecule has 0 saturated carbocycles. The SMILES string of the molecule is Cc1ccccc1NC(=O)Nc1ccc(COc2ccc(CC(NS(=O)(=O)Cc3ccccc3)C(=O)O)cc2)cc1. The molecule has 4 rings (SSSR count). The smallest absolute Gasteiger partial charge is 0.323 e. The van der Waals surface area contributed by atoms with Gasteiger partial charge in [0.1, 0.15) is 18.4 Å². The molecule has 0 radical (unpaired) electrons. The van der Waals surface area contributed by atoms with Gasteiger partial charge in [0.2, 0.25) is 10.0 Å². The fourth-order valence-electron chi connectivity index (χ4n) is 4.04. The summed E-state index contributed by atoms with van der Waals surface area (Å²) in [4.78, 5) is 24.1. The Morgan fingerprint density at radius 3 is 2.07 bits per heavy atom. The fourth-order valence-corrected chi connectivity index (χ4v) is 5.37. The third-order valence-electron chi connectivity index (χ3n) is 6.19. The number of carboxylic acid groups (broad SMARTS) is 1. The summed E-state index contributed by atoms with van der Waals surface area (Å²) in [7, 11) is -3.85. The Kier molecular flexibility index (Phi) is 9.73. The Labute approximate surface area is 239 Å². The van der Waals surface area contributed by atoms with Crippen LogP contribution < -0.4 is 20.1 Å². The van der Waals surface area contributed by atoms with E-state index in [1.54, 1.807) is 66.7 Å². The molecule has 0 aromatic heterocycles. The molecular weight excluding hydrogens is 542 g/mol. The van der Waals surface area contributed by atoms with Crippen molar-refractivity contribution < 1.29 is 27.9 Å². The molecule has 0 bridgehead atoms. The van der Waals surface area contributed by atoms with E-state index in [1.165, 1.54) is 0 Å². The van der Waals surface area contributed by atoms with Gasteiger partial charge in [-0.1, -0.05) is 72.8 Å². The molecule has 4 aromatic carbocycles. The largest absolute Gasteiger partial charge is 0.489 e. The quantitative estimate of drug-likeness (QED) is 0.181. The van der Waals surface area contributed by atoms with Gasteiger partial charge in [-0.15, -0.1) is 0 Å². The number of amides is 2. The monoisotopic (exact) mass is 573 g/mol. The lowest BCUT2D eigenvalue weighted by Crippen LogP contribution is -2.42. The minimum absolute atomic E-state index is 0.0183. The number of hydrogen-bond acceptors (Lipinski definition) is 5. The summed E-state index contributed by atoms with van der Waals surface area (Å²) in [5.74, 6) is -0.986. The summed E-state index contributed by atoms with van der Waals surface area (Å²) in [5.41, 5.74) is 4.44. The van der Waals surface area contributed by atoms with Gasteiger partial charge in [-0.2, -0.15) is 0 Å². The van der Waals surface area contributed by atoms with E-state index in [4.69, 9.17) is 4.74 Å². The first kappa shape index (κ1) is 29.3. The molecule has 0 aliphatic carbocycles. The maximum atomic E-state index is 12.5. The van der Waals surface area contributed by atoms with Crippen molar-refractivity contribution in [1.29, 1.82) is 0 Å². The average molecular weight is 574 g/mol. The number of anilines is 2. The van der Waals surface area contributed by atoms with Crippen molar-refractivity contribution in [3.05, 3.63) is 125 Å².